The Balaban J connectivity index is 1.07. The monoisotopic (exact) mass is 611 g/mol. The first-order valence-corrected chi connectivity index (χ1v) is 15.1. The smallest absolute Gasteiger partial charge is 0.234 e. The van der Waals surface area contributed by atoms with E-state index < -0.39 is 0 Å². The number of para-hydroxylation sites is 1. The summed E-state index contributed by atoms with van der Waals surface area (Å²) in [6.45, 7) is 0.751. The molecule has 0 bridgehead atoms. The zero-order valence-corrected chi connectivity index (χ0v) is 24.0. The second-order valence-corrected chi connectivity index (χ2v) is 11.8. The Bertz CT molecular complexity index is 1600. The molecule has 5 aromatic rings. The van der Waals surface area contributed by atoms with Crippen LogP contribution < -0.4 is 15.4 Å². The summed E-state index contributed by atoms with van der Waals surface area (Å²) in [6.07, 6.45) is 0. The molecule has 0 unspecified atom stereocenters. The van der Waals surface area contributed by atoms with Crippen molar-refractivity contribution in [2.24, 2.45) is 0 Å². The molecule has 2 amide bonds. The van der Waals surface area contributed by atoms with Gasteiger partial charge in [-0.15, -0.1) is 16.4 Å². The van der Waals surface area contributed by atoms with Crippen LogP contribution in [0.25, 0.3) is 15.9 Å². The number of hydrogen-bond donors (Lipinski definition) is 2. The minimum atomic E-state index is -0.178. The summed E-state index contributed by atoms with van der Waals surface area (Å²) in [5.74, 6) is 0.802. The number of anilines is 1. The van der Waals surface area contributed by atoms with Crippen LogP contribution in [0.2, 0.25) is 5.02 Å². The molecule has 5 rings (SSSR count). The largest absolute Gasteiger partial charge is 0.492 e. The van der Waals surface area contributed by atoms with Gasteiger partial charge < -0.3 is 15.4 Å². The highest BCUT2D eigenvalue weighted by Crippen LogP contribution is 2.31. The summed E-state index contributed by atoms with van der Waals surface area (Å²) in [5, 5.41) is 18.7. The van der Waals surface area contributed by atoms with E-state index >= 15 is 0 Å². The van der Waals surface area contributed by atoms with Gasteiger partial charge in [-0.2, -0.15) is 4.68 Å². The fourth-order valence-corrected chi connectivity index (χ4v) is 6.19. The van der Waals surface area contributed by atoms with Gasteiger partial charge in [0.1, 0.15) is 12.4 Å². The van der Waals surface area contributed by atoms with Crippen molar-refractivity contribution in [1.82, 2.24) is 30.5 Å². The molecule has 0 aliphatic carbocycles. The molecule has 2 heterocycles. The number of halogens is 1. The van der Waals surface area contributed by atoms with Gasteiger partial charge in [-0.05, 0) is 65.0 Å². The number of benzene rings is 3. The maximum absolute atomic E-state index is 12.6. The topological polar surface area (TPSA) is 124 Å². The first-order chi connectivity index (χ1) is 19.5. The number of ether oxygens (including phenoxy) is 1. The van der Waals surface area contributed by atoms with Crippen molar-refractivity contribution >= 4 is 74.2 Å². The molecule has 0 aliphatic rings. The molecular formula is C26H22ClN7O3S3. The zero-order valence-electron chi connectivity index (χ0n) is 20.8. The predicted molar refractivity (Wildman–Crippen MR) is 159 cm³/mol. The Labute approximate surface area is 246 Å². The number of rotatable bonds is 12. The van der Waals surface area contributed by atoms with Gasteiger partial charge in [0, 0.05) is 10.7 Å². The molecule has 0 fully saturated rings. The van der Waals surface area contributed by atoms with Crippen molar-refractivity contribution < 1.29 is 14.3 Å². The van der Waals surface area contributed by atoms with E-state index in [0.29, 0.717) is 34.8 Å². The lowest BCUT2D eigenvalue weighted by Gasteiger charge is -2.07. The molecule has 14 heteroatoms. The second kappa shape index (κ2) is 13.6. The van der Waals surface area contributed by atoms with Crippen molar-refractivity contribution in [2.45, 2.75) is 9.50 Å². The summed E-state index contributed by atoms with van der Waals surface area (Å²) in [5.41, 5.74) is 2.29. The lowest BCUT2D eigenvalue weighted by Crippen LogP contribution is -2.29. The number of tetrazole rings is 1. The van der Waals surface area contributed by atoms with E-state index in [1.807, 2.05) is 42.5 Å². The number of amides is 2. The number of thiazole rings is 1. The van der Waals surface area contributed by atoms with E-state index in [-0.39, 0.29) is 23.3 Å². The Morgan fingerprint density at radius 3 is 2.60 bits per heavy atom. The van der Waals surface area contributed by atoms with Crippen molar-refractivity contribution in [3.8, 4) is 11.4 Å². The summed E-state index contributed by atoms with van der Waals surface area (Å²) in [6, 6.07) is 22.1. The fourth-order valence-electron chi connectivity index (χ4n) is 3.44. The van der Waals surface area contributed by atoms with Crippen LogP contribution in [-0.4, -0.2) is 61.7 Å². The summed E-state index contributed by atoms with van der Waals surface area (Å²) in [7, 11) is 0. The number of fused-ring (bicyclic) bond motifs is 1. The third-order valence-corrected chi connectivity index (χ3v) is 8.59. The molecule has 2 N–H and O–H groups in total. The highest BCUT2D eigenvalue weighted by Gasteiger charge is 2.13. The predicted octanol–water partition coefficient (Wildman–Crippen LogP) is 4.94. The Kier molecular flexibility index (Phi) is 9.50. The zero-order chi connectivity index (χ0) is 27.7. The number of nitrogens with one attached hydrogen (secondary N) is 2. The molecule has 2 aromatic heterocycles. The molecule has 0 radical (unpaired) electrons. The highest BCUT2D eigenvalue weighted by molar-refractivity contribution is 8.01. The van der Waals surface area contributed by atoms with Gasteiger partial charge in [-0.25, -0.2) is 4.98 Å². The normalized spacial score (nSPS) is 10.9. The van der Waals surface area contributed by atoms with Crippen molar-refractivity contribution in [3.05, 3.63) is 77.8 Å². The second-order valence-electron chi connectivity index (χ2n) is 8.15. The third kappa shape index (κ3) is 7.72. The van der Waals surface area contributed by atoms with E-state index in [9.17, 15) is 9.59 Å². The van der Waals surface area contributed by atoms with Gasteiger partial charge in [0.15, 0.2) is 4.34 Å². The van der Waals surface area contributed by atoms with E-state index in [0.717, 1.165) is 20.2 Å². The van der Waals surface area contributed by atoms with E-state index in [4.69, 9.17) is 16.3 Å². The average Bonchev–Trinajstić information content (AvgIpc) is 3.61. The van der Waals surface area contributed by atoms with Crippen LogP contribution in [0, 0.1) is 0 Å². The molecule has 0 spiro atoms. The van der Waals surface area contributed by atoms with Crippen LogP contribution in [0.3, 0.4) is 0 Å². The standard InChI is InChI=1S/C26H22ClN7O3S3/c27-17-6-9-20(10-7-17)37-13-12-28-23(35)15-39-26-30-21-11-8-18(14-22(21)40-26)29-24(36)16-38-25-31-32-33-34(25)19-4-2-1-3-5-19/h1-11,14H,12-13,15-16H2,(H,28,35)(H,29,36). The van der Waals surface area contributed by atoms with Crippen LogP contribution in [-0.2, 0) is 9.59 Å². The lowest BCUT2D eigenvalue weighted by atomic mass is 10.3. The van der Waals surface area contributed by atoms with Crippen LogP contribution in [0.15, 0.2) is 82.3 Å². The minimum absolute atomic E-state index is 0.104. The van der Waals surface area contributed by atoms with E-state index in [1.54, 1.807) is 35.0 Å². The minimum Gasteiger partial charge on any atom is -0.492 e. The lowest BCUT2D eigenvalue weighted by molar-refractivity contribution is -0.118. The summed E-state index contributed by atoms with van der Waals surface area (Å²) < 4.78 is 8.86. The van der Waals surface area contributed by atoms with Crippen molar-refractivity contribution in [1.29, 1.82) is 0 Å². The number of hydrogen-bond acceptors (Lipinski definition) is 10. The quantitative estimate of drug-likeness (QED) is 0.149. The molecule has 0 saturated heterocycles. The number of carbonyl (C=O) groups is 2. The van der Waals surface area contributed by atoms with Crippen LogP contribution >= 0.6 is 46.5 Å². The number of aromatic nitrogens is 5. The van der Waals surface area contributed by atoms with Gasteiger partial charge >= 0.3 is 0 Å². The molecule has 40 heavy (non-hydrogen) atoms. The number of thioether (sulfide) groups is 2. The van der Waals surface area contributed by atoms with E-state index in [2.05, 4.69) is 31.1 Å². The van der Waals surface area contributed by atoms with Gasteiger partial charge in [0.25, 0.3) is 0 Å². The fraction of sp³-hybridized carbons (Fsp3) is 0.154. The molecule has 3 aromatic carbocycles. The van der Waals surface area contributed by atoms with Gasteiger partial charge in [0.2, 0.25) is 17.0 Å². The van der Waals surface area contributed by atoms with Gasteiger partial charge in [0.05, 0.1) is 34.0 Å². The molecule has 0 atom stereocenters. The summed E-state index contributed by atoms with van der Waals surface area (Å²) >= 11 is 9.94. The van der Waals surface area contributed by atoms with Gasteiger partial charge in [-0.1, -0.05) is 53.3 Å². The van der Waals surface area contributed by atoms with E-state index in [1.165, 1.54) is 34.9 Å². The molecule has 10 nitrogen and oxygen atoms in total. The van der Waals surface area contributed by atoms with Crippen molar-refractivity contribution in [3.63, 3.8) is 0 Å². The molecule has 0 saturated carbocycles. The SMILES string of the molecule is O=C(CSc1nc2ccc(NC(=O)CSc3nnnn3-c3ccccc3)cc2s1)NCCOc1ccc(Cl)cc1. The first kappa shape index (κ1) is 27.9. The summed E-state index contributed by atoms with van der Waals surface area (Å²) in [4.78, 5) is 29.4. The molecule has 204 valence electrons. The molecular weight excluding hydrogens is 590 g/mol. The maximum atomic E-state index is 12.6. The maximum Gasteiger partial charge on any atom is 0.234 e. The highest BCUT2D eigenvalue weighted by atomic mass is 35.5. The Morgan fingerprint density at radius 1 is 0.975 bits per heavy atom. The molecule has 0 aliphatic heterocycles. The first-order valence-electron chi connectivity index (χ1n) is 12.0. The average molecular weight is 612 g/mol. The van der Waals surface area contributed by atoms with Crippen LogP contribution in [0.5, 0.6) is 5.75 Å². The Hall–Kier alpha value is -3.65. The van der Waals surface area contributed by atoms with Gasteiger partial charge in [-0.3, -0.25) is 9.59 Å². The third-order valence-electron chi connectivity index (χ3n) is 5.26. The van der Waals surface area contributed by atoms with Crippen LogP contribution in [0.1, 0.15) is 0 Å². The van der Waals surface area contributed by atoms with Crippen LogP contribution in [0.4, 0.5) is 5.69 Å². The Morgan fingerprint density at radius 2 is 1.77 bits per heavy atom. The number of nitrogens with zero attached hydrogens (tertiary/aromatic N) is 5. The number of carbonyl (C=O) groups excluding carboxylic acids is 2. The van der Waals surface area contributed by atoms with Crippen molar-refractivity contribution in [2.75, 3.05) is 30.0 Å².